The van der Waals surface area contributed by atoms with Gasteiger partial charge in [-0.3, -0.25) is 4.68 Å². The Morgan fingerprint density at radius 3 is 2.38 bits per heavy atom. The van der Waals surface area contributed by atoms with Crippen LogP contribution in [-0.2, 0) is 13.5 Å². The third-order valence-electron chi connectivity index (χ3n) is 3.02. The lowest BCUT2D eigenvalue weighted by atomic mass is 10.0. The Hall–Kier alpha value is -0.790. The van der Waals surface area contributed by atoms with Crippen molar-refractivity contribution in [3.05, 3.63) is 17.5 Å². The number of rotatable bonds is 6. The molecule has 0 bridgehead atoms. The van der Waals surface area contributed by atoms with E-state index in [9.17, 15) is 0 Å². The second kappa shape index (κ2) is 6.07. The molecule has 0 aliphatic carbocycles. The second-order valence-electron chi connectivity index (χ2n) is 5.48. The molecule has 0 N–H and O–H groups in total. The molecule has 0 atom stereocenters. The summed E-state index contributed by atoms with van der Waals surface area (Å²) < 4.78 is 2.03. The Labute approximate surface area is 100 Å². The molecule has 92 valence electrons. The van der Waals surface area contributed by atoms with Gasteiger partial charge in [-0.2, -0.15) is 5.10 Å². The number of nitrogens with zero attached hydrogens (tertiary/aromatic N) is 2. The first-order chi connectivity index (χ1) is 7.50. The Balaban J connectivity index is 2.40. The van der Waals surface area contributed by atoms with E-state index in [-0.39, 0.29) is 0 Å². The summed E-state index contributed by atoms with van der Waals surface area (Å²) in [5.74, 6) is 1.40. The van der Waals surface area contributed by atoms with Gasteiger partial charge in [-0.25, -0.2) is 0 Å². The summed E-state index contributed by atoms with van der Waals surface area (Å²) >= 11 is 0. The van der Waals surface area contributed by atoms with Crippen molar-refractivity contribution >= 4 is 0 Å². The second-order valence-corrected chi connectivity index (χ2v) is 5.48. The van der Waals surface area contributed by atoms with Gasteiger partial charge in [0.25, 0.3) is 0 Å². The quantitative estimate of drug-likeness (QED) is 0.667. The molecule has 0 saturated carbocycles. The largest absolute Gasteiger partial charge is 0.272 e. The molecule has 0 saturated heterocycles. The van der Waals surface area contributed by atoms with E-state index in [1.165, 1.54) is 30.7 Å². The number of aromatic nitrogens is 2. The van der Waals surface area contributed by atoms with Crippen LogP contribution < -0.4 is 0 Å². The molecule has 0 amide bonds. The Morgan fingerprint density at radius 1 is 1.19 bits per heavy atom. The van der Waals surface area contributed by atoms with Gasteiger partial charge in [0.15, 0.2) is 0 Å². The highest BCUT2D eigenvalue weighted by molar-refractivity contribution is 5.13. The average molecular weight is 222 g/mol. The summed E-state index contributed by atoms with van der Waals surface area (Å²) in [4.78, 5) is 0. The first-order valence-electron chi connectivity index (χ1n) is 6.53. The van der Waals surface area contributed by atoms with E-state index >= 15 is 0 Å². The summed E-state index contributed by atoms with van der Waals surface area (Å²) in [6.45, 7) is 9.02. The zero-order valence-corrected chi connectivity index (χ0v) is 11.5. The minimum atomic E-state index is 0.571. The molecule has 0 spiro atoms. The minimum Gasteiger partial charge on any atom is -0.272 e. The molecular formula is C14H26N2. The summed E-state index contributed by atoms with van der Waals surface area (Å²) in [6.07, 6.45) is 5.06. The monoisotopic (exact) mass is 222 g/mol. The van der Waals surface area contributed by atoms with Crippen molar-refractivity contribution in [1.29, 1.82) is 0 Å². The first kappa shape index (κ1) is 13.3. The molecule has 0 aromatic carbocycles. The van der Waals surface area contributed by atoms with Crippen LogP contribution in [0.25, 0.3) is 0 Å². The van der Waals surface area contributed by atoms with Crippen LogP contribution in [0.15, 0.2) is 6.07 Å². The van der Waals surface area contributed by atoms with Crippen LogP contribution in [-0.4, -0.2) is 9.78 Å². The lowest BCUT2D eigenvalue weighted by Crippen LogP contribution is -1.99. The van der Waals surface area contributed by atoms with E-state index in [1.54, 1.807) is 0 Å². The minimum absolute atomic E-state index is 0.571. The third kappa shape index (κ3) is 3.99. The van der Waals surface area contributed by atoms with Crippen LogP contribution in [0, 0.1) is 5.92 Å². The van der Waals surface area contributed by atoms with Gasteiger partial charge in [0, 0.05) is 12.7 Å². The molecule has 2 heteroatoms. The van der Waals surface area contributed by atoms with Crippen LogP contribution in [0.3, 0.4) is 0 Å². The molecule has 1 aromatic rings. The van der Waals surface area contributed by atoms with Gasteiger partial charge >= 0.3 is 0 Å². The van der Waals surface area contributed by atoms with Gasteiger partial charge in [-0.05, 0) is 30.7 Å². The van der Waals surface area contributed by atoms with E-state index in [1.807, 2.05) is 11.7 Å². The topological polar surface area (TPSA) is 17.8 Å². The highest BCUT2D eigenvalue weighted by Gasteiger charge is 2.08. The maximum absolute atomic E-state index is 4.57. The molecule has 0 aliphatic rings. The summed E-state index contributed by atoms with van der Waals surface area (Å²) in [5, 5.41) is 4.57. The summed E-state index contributed by atoms with van der Waals surface area (Å²) in [6, 6.07) is 2.26. The van der Waals surface area contributed by atoms with Crippen molar-refractivity contribution in [3.8, 4) is 0 Å². The maximum atomic E-state index is 4.57. The molecule has 0 aliphatic heterocycles. The van der Waals surface area contributed by atoms with Gasteiger partial charge in [0.05, 0.1) is 5.69 Å². The SMILES string of the molecule is CC(C)CCCCc1cc(C(C)C)n(C)n1. The molecular weight excluding hydrogens is 196 g/mol. The van der Waals surface area contributed by atoms with Crippen molar-refractivity contribution in [3.63, 3.8) is 0 Å². The molecule has 0 fully saturated rings. The molecule has 2 nitrogen and oxygen atoms in total. The van der Waals surface area contributed by atoms with E-state index in [0.29, 0.717) is 5.92 Å². The van der Waals surface area contributed by atoms with Crippen molar-refractivity contribution in [2.24, 2.45) is 13.0 Å². The highest BCUT2D eigenvalue weighted by Crippen LogP contribution is 2.16. The lowest BCUT2D eigenvalue weighted by molar-refractivity contribution is 0.535. The van der Waals surface area contributed by atoms with Crippen molar-refractivity contribution < 1.29 is 0 Å². The van der Waals surface area contributed by atoms with Crippen molar-refractivity contribution in [2.45, 2.75) is 59.3 Å². The predicted molar refractivity (Wildman–Crippen MR) is 69.7 cm³/mol. The zero-order valence-electron chi connectivity index (χ0n) is 11.5. The molecule has 1 heterocycles. The van der Waals surface area contributed by atoms with Gasteiger partial charge in [-0.1, -0.05) is 40.5 Å². The van der Waals surface area contributed by atoms with Crippen molar-refractivity contribution in [2.75, 3.05) is 0 Å². The third-order valence-corrected chi connectivity index (χ3v) is 3.02. The van der Waals surface area contributed by atoms with Crippen molar-refractivity contribution in [1.82, 2.24) is 9.78 Å². The number of hydrogen-bond acceptors (Lipinski definition) is 1. The van der Waals surface area contributed by atoms with E-state index in [4.69, 9.17) is 0 Å². The van der Waals surface area contributed by atoms with E-state index in [2.05, 4.69) is 38.9 Å². The fourth-order valence-electron chi connectivity index (χ4n) is 2.06. The fourth-order valence-corrected chi connectivity index (χ4v) is 2.06. The number of hydrogen-bond donors (Lipinski definition) is 0. The Morgan fingerprint density at radius 2 is 1.88 bits per heavy atom. The van der Waals surface area contributed by atoms with Gasteiger partial charge in [0.1, 0.15) is 0 Å². The molecule has 1 rings (SSSR count). The Bertz CT molecular complexity index is 311. The van der Waals surface area contributed by atoms with E-state index < -0.39 is 0 Å². The molecule has 1 aromatic heterocycles. The Kier molecular flexibility index (Phi) is 5.04. The van der Waals surface area contributed by atoms with Crippen LogP contribution in [0.1, 0.15) is 64.3 Å². The zero-order chi connectivity index (χ0) is 12.1. The smallest absolute Gasteiger partial charge is 0.0627 e. The maximum Gasteiger partial charge on any atom is 0.0627 e. The van der Waals surface area contributed by atoms with Crippen LogP contribution >= 0.6 is 0 Å². The van der Waals surface area contributed by atoms with Gasteiger partial charge in [-0.15, -0.1) is 0 Å². The van der Waals surface area contributed by atoms with Gasteiger partial charge in [0.2, 0.25) is 0 Å². The van der Waals surface area contributed by atoms with Crippen LogP contribution in [0.4, 0.5) is 0 Å². The molecule has 16 heavy (non-hydrogen) atoms. The summed E-state index contributed by atoms with van der Waals surface area (Å²) in [7, 11) is 2.05. The summed E-state index contributed by atoms with van der Waals surface area (Å²) in [5.41, 5.74) is 2.61. The predicted octanol–water partition coefficient (Wildman–Crippen LogP) is 3.91. The van der Waals surface area contributed by atoms with Crippen LogP contribution in [0.2, 0.25) is 0 Å². The average Bonchev–Trinajstić information content (AvgIpc) is 2.54. The highest BCUT2D eigenvalue weighted by atomic mass is 15.3. The van der Waals surface area contributed by atoms with Crippen LogP contribution in [0.5, 0.6) is 0 Å². The number of aryl methyl sites for hydroxylation is 2. The fraction of sp³-hybridized carbons (Fsp3) is 0.786. The molecule has 0 radical (unpaired) electrons. The number of unbranched alkanes of at least 4 members (excludes halogenated alkanes) is 1. The standard InChI is InChI=1S/C14H26N2/c1-11(2)8-6-7-9-13-10-14(12(3)4)16(5)15-13/h10-12H,6-9H2,1-5H3. The molecule has 0 unspecified atom stereocenters. The lowest BCUT2D eigenvalue weighted by Gasteiger charge is -2.02. The van der Waals surface area contributed by atoms with E-state index in [0.717, 1.165) is 12.3 Å². The first-order valence-corrected chi connectivity index (χ1v) is 6.53. The normalized spacial score (nSPS) is 11.7. The van der Waals surface area contributed by atoms with Gasteiger partial charge < -0.3 is 0 Å².